The molecule has 96 valence electrons. The highest BCUT2D eigenvalue weighted by atomic mass is 35.5. The largest absolute Gasteiger partial charge is 0.507 e. The summed E-state index contributed by atoms with van der Waals surface area (Å²) in [5.41, 5.74) is 2.82. The van der Waals surface area contributed by atoms with Gasteiger partial charge in [0.05, 0.1) is 5.56 Å². The van der Waals surface area contributed by atoms with Crippen LogP contribution in [-0.4, -0.2) is 11.0 Å². The Hall–Kier alpha value is -1.26. The summed E-state index contributed by atoms with van der Waals surface area (Å²) in [6, 6.07) is 5.12. The van der Waals surface area contributed by atoms with Crippen molar-refractivity contribution in [1.82, 2.24) is 5.43 Å². The van der Waals surface area contributed by atoms with Crippen LogP contribution in [0.4, 0.5) is 0 Å². The van der Waals surface area contributed by atoms with Gasteiger partial charge in [-0.3, -0.25) is 10.2 Å². The molecule has 5 heteroatoms. The van der Waals surface area contributed by atoms with Crippen LogP contribution >= 0.6 is 12.4 Å². The van der Waals surface area contributed by atoms with Gasteiger partial charge in [0.1, 0.15) is 5.75 Å². The fraction of sp³-hybridized carbons (Fsp3) is 0.417. The highest BCUT2D eigenvalue weighted by Gasteiger charge is 2.24. The summed E-state index contributed by atoms with van der Waals surface area (Å²) in [6.07, 6.45) is 0.869. The minimum Gasteiger partial charge on any atom is -0.507 e. The fourth-order valence-electron chi connectivity index (χ4n) is 1.54. The number of rotatable bonds is 3. The highest BCUT2D eigenvalue weighted by Crippen LogP contribution is 2.35. The van der Waals surface area contributed by atoms with Crippen LogP contribution in [0, 0.1) is 0 Å². The van der Waals surface area contributed by atoms with Crippen LogP contribution in [0.3, 0.4) is 0 Å². The van der Waals surface area contributed by atoms with E-state index in [1.807, 2.05) is 32.3 Å². The molecule has 0 saturated carbocycles. The Morgan fingerprint density at radius 2 is 2.06 bits per heavy atom. The molecule has 0 aliphatic carbocycles. The van der Waals surface area contributed by atoms with Crippen LogP contribution in [0.1, 0.15) is 43.1 Å². The molecule has 0 saturated heterocycles. The van der Waals surface area contributed by atoms with Crippen LogP contribution in [-0.2, 0) is 5.41 Å². The summed E-state index contributed by atoms with van der Waals surface area (Å²) in [5.74, 6) is 4.59. The number of amides is 1. The first kappa shape index (κ1) is 15.7. The smallest absolute Gasteiger partial charge is 0.268 e. The summed E-state index contributed by atoms with van der Waals surface area (Å²) >= 11 is 0. The maximum atomic E-state index is 11.4. The van der Waals surface area contributed by atoms with Gasteiger partial charge >= 0.3 is 0 Å². The summed E-state index contributed by atoms with van der Waals surface area (Å²) in [4.78, 5) is 11.4. The zero-order valence-electron chi connectivity index (χ0n) is 10.3. The van der Waals surface area contributed by atoms with E-state index in [0.29, 0.717) is 0 Å². The van der Waals surface area contributed by atoms with E-state index in [9.17, 15) is 9.90 Å². The Morgan fingerprint density at radius 3 is 2.53 bits per heavy atom. The number of carbonyl (C=O) groups excluding carboxylic acids is 1. The molecule has 4 nitrogen and oxygen atoms in total. The number of carbonyl (C=O) groups is 1. The highest BCUT2D eigenvalue weighted by molar-refractivity contribution is 5.96. The van der Waals surface area contributed by atoms with Crippen molar-refractivity contribution in [1.29, 1.82) is 0 Å². The third kappa shape index (κ3) is 3.11. The number of nitrogens with two attached hydrogens (primary N) is 1. The number of hydrogen-bond donors (Lipinski definition) is 3. The maximum Gasteiger partial charge on any atom is 0.268 e. The first-order valence-corrected chi connectivity index (χ1v) is 5.27. The fourth-order valence-corrected chi connectivity index (χ4v) is 1.54. The minimum absolute atomic E-state index is 0. The molecule has 17 heavy (non-hydrogen) atoms. The van der Waals surface area contributed by atoms with Gasteiger partial charge in [0.25, 0.3) is 5.91 Å². The van der Waals surface area contributed by atoms with Gasteiger partial charge in [-0.05, 0) is 17.9 Å². The average Bonchev–Trinajstić information content (AvgIpc) is 2.28. The Labute approximate surface area is 108 Å². The van der Waals surface area contributed by atoms with E-state index in [-0.39, 0.29) is 29.1 Å². The molecule has 0 aromatic heterocycles. The molecule has 0 radical (unpaired) electrons. The molecule has 0 bridgehead atoms. The van der Waals surface area contributed by atoms with Crippen molar-refractivity contribution in [2.24, 2.45) is 5.84 Å². The van der Waals surface area contributed by atoms with Crippen LogP contribution in [0.25, 0.3) is 0 Å². The molecule has 4 N–H and O–H groups in total. The second-order valence-electron chi connectivity index (χ2n) is 4.41. The Kier molecular flexibility index (Phi) is 5.45. The monoisotopic (exact) mass is 258 g/mol. The van der Waals surface area contributed by atoms with E-state index in [4.69, 9.17) is 5.84 Å². The summed E-state index contributed by atoms with van der Waals surface area (Å²) in [7, 11) is 0. The van der Waals surface area contributed by atoms with Gasteiger partial charge in [-0.15, -0.1) is 12.4 Å². The van der Waals surface area contributed by atoms with Gasteiger partial charge in [-0.2, -0.15) is 0 Å². The molecule has 1 aromatic carbocycles. The lowest BCUT2D eigenvalue weighted by Crippen LogP contribution is -2.30. The van der Waals surface area contributed by atoms with Crippen molar-refractivity contribution in [3.05, 3.63) is 29.3 Å². The van der Waals surface area contributed by atoms with Crippen molar-refractivity contribution < 1.29 is 9.90 Å². The molecule has 1 rings (SSSR count). The number of para-hydroxylation sites is 1. The molecule has 1 aromatic rings. The third-order valence-corrected chi connectivity index (χ3v) is 3.02. The Balaban J connectivity index is 0.00000256. The van der Waals surface area contributed by atoms with Gasteiger partial charge < -0.3 is 5.11 Å². The summed E-state index contributed by atoms with van der Waals surface area (Å²) in [6.45, 7) is 6.08. The lowest BCUT2D eigenvalue weighted by molar-refractivity contribution is 0.0950. The van der Waals surface area contributed by atoms with Crippen molar-refractivity contribution >= 4 is 18.3 Å². The van der Waals surface area contributed by atoms with Crippen LogP contribution < -0.4 is 11.3 Å². The molecule has 1 amide bonds. The minimum atomic E-state index is -0.480. The number of phenolic OH excluding ortho intramolecular Hbond substituents is 1. The third-order valence-electron chi connectivity index (χ3n) is 3.02. The predicted molar refractivity (Wildman–Crippen MR) is 70.3 cm³/mol. The number of aromatic hydroxyl groups is 1. The first-order valence-electron chi connectivity index (χ1n) is 5.27. The van der Waals surface area contributed by atoms with Crippen LogP contribution in [0.5, 0.6) is 5.75 Å². The standard InChI is InChI=1S/C12H18N2O2.ClH/c1-4-12(2,3)9-7-5-6-8(10(9)15)11(16)14-13;/h5-7,15H,4,13H2,1-3H3,(H,14,16);1H. The van der Waals surface area contributed by atoms with Crippen LogP contribution in [0.15, 0.2) is 18.2 Å². The lowest BCUT2D eigenvalue weighted by atomic mass is 9.81. The molecule has 0 unspecified atom stereocenters. The zero-order chi connectivity index (χ0) is 12.3. The van der Waals surface area contributed by atoms with Crippen molar-refractivity contribution in [3.63, 3.8) is 0 Å². The Bertz CT molecular complexity index is 405. The molecule has 0 fully saturated rings. The van der Waals surface area contributed by atoms with E-state index < -0.39 is 5.91 Å². The zero-order valence-corrected chi connectivity index (χ0v) is 11.1. The van der Waals surface area contributed by atoms with Gasteiger partial charge in [0.15, 0.2) is 0 Å². The number of benzene rings is 1. The van der Waals surface area contributed by atoms with Gasteiger partial charge in [-0.25, -0.2) is 5.84 Å². The maximum absolute atomic E-state index is 11.4. The van der Waals surface area contributed by atoms with E-state index >= 15 is 0 Å². The number of hydrazine groups is 1. The lowest BCUT2D eigenvalue weighted by Gasteiger charge is -2.25. The summed E-state index contributed by atoms with van der Waals surface area (Å²) in [5, 5.41) is 10.0. The quantitative estimate of drug-likeness (QED) is 0.442. The number of nitrogen functional groups attached to an aromatic ring is 1. The van der Waals surface area contributed by atoms with E-state index in [0.717, 1.165) is 12.0 Å². The topological polar surface area (TPSA) is 75.4 Å². The van der Waals surface area contributed by atoms with Gasteiger partial charge in [0, 0.05) is 5.56 Å². The molecule has 0 spiro atoms. The van der Waals surface area contributed by atoms with Crippen molar-refractivity contribution in [2.75, 3.05) is 0 Å². The number of hydrogen-bond acceptors (Lipinski definition) is 3. The van der Waals surface area contributed by atoms with Crippen LogP contribution in [0.2, 0.25) is 0 Å². The number of phenols is 1. The van der Waals surface area contributed by atoms with E-state index in [2.05, 4.69) is 0 Å². The second-order valence-corrected chi connectivity index (χ2v) is 4.41. The molecular weight excluding hydrogens is 240 g/mol. The second kappa shape index (κ2) is 5.89. The average molecular weight is 259 g/mol. The van der Waals surface area contributed by atoms with Crippen molar-refractivity contribution in [3.8, 4) is 5.75 Å². The van der Waals surface area contributed by atoms with Gasteiger partial charge in [-0.1, -0.05) is 32.9 Å². The molecular formula is C12H19ClN2O2. The molecule has 0 aliphatic heterocycles. The number of halogens is 1. The normalized spacial score (nSPS) is 10.6. The SMILES string of the molecule is CCC(C)(C)c1cccc(C(=O)NN)c1O.Cl. The summed E-state index contributed by atoms with van der Waals surface area (Å²) < 4.78 is 0. The van der Waals surface area contributed by atoms with E-state index in [1.54, 1.807) is 12.1 Å². The predicted octanol–water partition coefficient (Wildman–Crippen LogP) is 2.11. The molecule has 0 aliphatic rings. The molecule has 0 atom stereocenters. The first-order chi connectivity index (χ1) is 7.44. The van der Waals surface area contributed by atoms with Gasteiger partial charge in [0.2, 0.25) is 0 Å². The van der Waals surface area contributed by atoms with E-state index in [1.165, 1.54) is 0 Å². The Morgan fingerprint density at radius 1 is 1.47 bits per heavy atom. The molecule has 0 heterocycles. The van der Waals surface area contributed by atoms with Crippen molar-refractivity contribution in [2.45, 2.75) is 32.6 Å². The number of nitrogens with one attached hydrogen (secondary N) is 1.